The molecule has 1 atom stereocenters. The lowest BCUT2D eigenvalue weighted by Gasteiger charge is -2.35. The molecule has 0 spiro atoms. The van der Waals surface area contributed by atoms with Gasteiger partial charge in [0.2, 0.25) is 0 Å². The fourth-order valence-electron chi connectivity index (χ4n) is 2.65. The third-order valence-corrected chi connectivity index (χ3v) is 3.69. The number of aliphatic hydroxyl groups is 1. The fourth-order valence-corrected chi connectivity index (χ4v) is 2.65. The molecule has 2 nitrogen and oxygen atoms in total. The van der Waals surface area contributed by atoms with Crippen LogP contribution in [0.3, 0.4) is 0 Å². The zero-order valence-corrected chi connectivity index (χ0v) is 10.3. The quantitative estimate of drug-likeness (QED) is 0.702. The van der Waals surface area contributed by atoms with Crippen LogP contribution in [0.2, 0.25) is 0 Å². The second-order valence-corrected chi connectivity index (χ2v) is 5.48. The zero-order chi connectivity index (χ0) is 11.5. The molecule has 15 heavy (non-hydrogen) atoms. The van der Waals surface area contributed by atoms with E-state index in [9.17, 15) is 0 Å². The van der Waals surface area contributed by atoms with Gasteiger partial charge in [-0.25, -0.2) is 0 Å². The summed E-state index contributed by atoms with van der Waals surface area (Å²) in [6.45, 7) is 7.01. The number of aliphatic hydroxyl groups excluding tert-OH is 1. The number of allylic oxidation sites excluding steroid dienone is 2. The fraction of sp³-hybridized carbons (Fsp3) is 0.846. The monoisotopic (exact) mass is 211 g/mol. The van der Waals surface area contributed by atoms with Gasteiger partial charge in [-0.15, -0.1) is 0 Å². The van der Waals surface area contributed by atoms with Gasteiger partial charge in [0.25, 0.3) is 0 Å². The second-order valence-electron chi connectivity index (χ2n) is 5.48. The van der Waals surface area contributed by atoms with Crippen LogP contribution in [0.1, 0.15) is 52.9 Å². The number of nitrogens with two attached hydrogens (primary N) is 1. The Balaban J connectivity index is 2.64. The smallest absolute Gasteiger partial charge is 0.0582 e. The van der Waals surface area contributed by atoms with E-state index in [0.29, 0.717) is 5.41 Å². The van der Waals surface area contributed by atoms with Gasteiger partial charge >= 0.3 is 0 Å². The number of rotatable bonds is 4. The molecule has 0 aliphatic heterocycles. The number of hydrogen-bond donors (Lipinski definition) is 2. The minimum absolute atomic E-state index is 0.0528. The SMILES string of the molecule is CC1=C(CCC(N)CO)C(C)(C)CCC1. The zero-order valence-electron chi connectivity index (χ0n) is 10.3. The molecular weight excluding hydrogens is 186 g/mol. The van der Waals surface area contributed by atoms with Crippen LogP contribution in [0, 0.1) is 5.41 Å². The van der Waals surface area contributed by atoms with E-state index >= 15 is 0 Å². The average Bonchev–Trinajstić information content (AvgIpc) is 2.15. The molecule has 0 aromatic carbocycles. The van der Waals surface area contributed by atoms with Crippen LogP contribution in [0.25, 0.3) is 0 Å². The van der Waals surface area contributed by atoms with Gasteiger partial charge in [0.05, 0.1) is 6.61 Å². The summed E-state index contributed by atoms with van der Waals surface area (Å²) >= 11 is 0. The van der Waals surface area contributed by atoms with Crippen molar-refractivity contribution in [2.75, 3.05) is 6.61 Å². The van der Waals surface area contributed by atoms with E-state index in [-0.39, 0.29) is 12.6 Å². The lowest BCUT2D eigenvalue weighted by atomic mass is 9.71. The highest BCUT2D eigenvalue weighted by Gasteiger charge is 2.27. The van der Waals surface area contributed by atoms with E-state index < -0.39 is 0 Å². The van der Waals surface area contributed by atoms with Gasteiger partial charge < -0.3 is 10.8 Å². The van der Waals surface area contributed by atoms with E-state index in [1.165, 1.54) is 19.3 Å². The van der Waals surface area contributed by atoms with Crippen LogP contribution >= 0.6 is 0 Å². The topological polar surface area (TPSA) is 46.2 Å². The predicted molar refractivity (Wildman–Crippen MR) is 64.6 cm³/mol. The summed E-state index contributed by atoms with van der Waals surface area (Å²) in [5, 5.41) is 8.92. The highest BCUT2D eigenvalue weighted by Crippen LogP contribution is 2.42. The predicted octanol–water partition coefficient (Wildman–Crippen LogP) is 2.61. The summed E-state index contributed by atoms with van der Waals surface area (Å²) in [6.07, 6.45) is 5.81. The normalized spacial score (nSPS) is 23.0. The summed E-state index contributed by atoms with van der Waals surface area (Å²) in [4.78, 5) is 0. The van der Waals surface area contributed by atoms with Crippen molar-refractivity contribution < 1.29 is 5.11 Å². The first kappa shape index (κ1) is 12.7. The Bertz CT molecular complexity index is 243. The third-order valence-electron chi connectivity index (χ3n) is 3.69. The van der Waals surface area contributed by atoms with Crippen molar-refractivity contribution in [3.05, 3.63) is 11.1 Å². The van der Waals surface area contributed by atoms with Gasteiger partial charge in [-0.2, -0.15) is 0 Å². The van der Waals surface area contributed by atoms with Gasteiger partial charge in [-0.05, 0) is 44.4 Å². The first-order valence-electron chi connectivity index (χ1n) is 6.03. The molecule has 0 heterocycles. The van der Waals surface area contributed by atoms with Crippen LogP contribution in [0.15, 0.2) is 11.1 Å². The van der Waals surface area contributed by atoms with Gasteiger partial charge in [0.15, 0.2) is 0 Å². The molecule has 0 saturated carbocycles. The molecule has 1 aliphatic rings. The first-order chi connectivity index (χ1) is 6.97. The molecule has 1 rings (SSSR count). The van der Waals surface area contributed by atoms with Crippen molar-refractivity contribution in [1.82, 2.24) is 0 Å². The van der Waals surface area contributed by atoms with Gasteiger partial charge in [-0.1, -0.05) is 25.0 Å². The van der Waals surface area contributed by atoms with E-state index in [2.05, 4.69) is 20.8 Å². The molecule has 0 saturated heterocycles. The van der Waals surface area contributed by atoms with Crippen molar-refractivity contribution in [2.24, 2.45) is 11.1 Å². The highest BCUT2D eigenvalue weighted by molar-refractivity contribution is 5.22. The molecule has 2 heteroatoms. The van der Waals surface area contributed by atoms with Crippen LogP contribution in [0.4, 0.5) is 0 Å². The van der Waals surface area contributed by atoms with Crippen molar-refractivity contribution in [2.45, 2.75) is 58.9 Å². The molecule has 1 aliphatic carbocycles. The van der Waals surface area contributed by atoms with Crippen LogP contribution in [-0.4, -0.2) is 17.8 Å². The molecule has 0 aromatic rings. The molecule has 1 unspecified atom stereocenters. The second kappa shape index (κ2) is 5.13. The maximum atomic E-state index is 8.92. The third kappa shape index (κ3) is 3.32. The van der Waals surface area contributed by atoms with Gasteiger partial charge in [0.1, 0.15) is 0 Å². The molecule has 88 valence electrons. The minimum atomic E-state index is -0.0528. The van der Waals surface area contributed by atoms with Crippen LogP contribution in [0.5, 0.6) is 0 Å². The van der Waals surface area contributed by atoms with Crippen molar-refractivity contribution in [1.29, 1.82) is 0 Å². The summed E-state index contributed by atoms with van der Waals surface area (Å²) in [5.41, 5.74) is 9.23. The van der Waals surface area contributed by atoms with Gasteiger partial charge in [0, 0.05) is 6.04 Å². The van der Waals surface area contributed by atoms with E-state index in [0.717, 1.165) is 12.8 Å². The molecular formula is C13H25NO. The number of hydrogen-bond acceptors (Lipinski definition) is 2. The first-order valence-corrected chi connectivity index (χ1v) is 6.03. The van der Waals surface area contributed by atoms with Crippen molar-refractivity contribution in [3.8, 4) is 0 Å². The van der Waals surface area contributed by atoms with E-state index in [1.54, 1.807) is 11.1 Å². The maximum absolute atomic E-state index is 8.92. The Hall–Kier alpha value is -0.340. The molecule has 0 fully saturated rings. The minimum Gasteiger partial charge on any atom is -0.395 e. The summed E-state index contributed by atoms with van der Waals surface area (Å²) in [6, 6.07) is -0.0528. The summed E-state index contributed by atoms with van der Waals surface area (Å²) in [5.74, 6) is 0. The largest absolute Gasteiger partial charge is 0.395 e. The Morgan fingerprint density at radius 2 is 2.13 bits per heavy atom. The van der Waals surface area contributed by atoms with Crippen molar-refractivity contribution >= 4 is 0 Å². The lowest BCUT2D eigenvalue weighted by molar-refractivity contribution is 0.256. The van der Waals surface area contributed by atoms with Crippen molar-refractivity contribution in [3.63, 3.8) is 0 Å². The maximum Gasteiger partial charge on any atom is 0.0582 e. The van der Waals surface area contributed by atoms with E-state index in [1.807, 2.05) is 0 Å². The Morgan fingerprint density at radius 1 is 1.47 bits per heavy atom. The van der Waals surface area contributed by atoms with Crippen LogP contribution < -0.4 is 5.73 Å². The Labute approximate surface area is 93.6 Å². The Kier molecular flexibility index (Phi) is 4.35. The van der Waals surface area contributed by atoms with E-state index in [4.69, 9.17) is 10.8 Å². The Morgan fingerprint density at radius 3 is 2.67 bits per heavy atom. The molecule has 0 amide bonds. The molecule has 0 radical (unpaired) electrons. The molecule has 0 aromatic heterocycles. The summed E-state index contributed by atoms with van der Waals surface area (Å²) in [7, 11) is 0. The van der Waals surface area contributed by atoms with Crippen LogP contribution in [-0.2, 0) is 0 Å². The lowest BCUT2D eigenvalue weighted by Crippen LogP contribution is -2.27. The molecule has 0 bridgehead atoms. The average molecular weight is 211 g/mol. The van der Waals surface area contributed by atoms with Gasteiger partial charge in [-0.3, -0.25) is 0 Å². The highest BCUT2D eigenvalue weighted by atomic mass is 16.3. The standard InChI is InChI=1S/C13H25NO/c1-10-5-4-8-13(2,3)12(10)7-6-11(14)9-15/h11,15H,4-9,14H2,1-3H3. The molecule has 3 N–H and O–H groups in total. The summed E-state index contributed by atoms with van der Waals surface area (Å²) < 4.78 is 0.